The van der Waals surface area contributed by atoms with Crippen LogP contribution in [0.15, 0.2) is 42.5 Å². The molecule has 0 aromatic heterocycles. The zero-order valence-corrected chi connectivity index (χ0v) is 14.1. The zero-order valence-electron chi connectivity index (χ0n) is 14.1. The molecule has 0 bridgehead atoms. The average molecular weight is 345 g/mol. The quantitative estimate of drug-likeness (QED) is 0.809. The predicted octanol–water partition coefficient (Wildman–Crippen LogP) is 2.82. The minimum atomic E-state index is -1.03. The van der Waals surface area contributed by atoms with Crippen molar-refractivity contribution in [3.8, 4) is 5.75 Å². The second kappa shape index (κ2) is 8.28. The van der Waals surface area contributed by atoms with E-state index in [1.807, 2.05) is 0 Å². The van der Waals surface area contributed by atoms with Gasteiger partial charge in [-0.25, -0.2) is 4.39 Å². The minimum Gasteiger partial charge on any atom is -0.496 e. The summed E-state index contributed by atoms with van der Waals surface area (Å²) >= 11 is 0. The number of aliphatic carboxylic acids is 1. The monoisotopic (exact) mass is 345 g/mol. The number of ether oxygens (including phenoxy) is 1. The molecule has 0 spiro atoms. The lowest BCUT2D eigenvalue weighted by Crippen LogP contribution is -2.34. The van der Waals surface area contributed by atoms with Crippen LogP contribution in [0.3, 0.4) is 0 Å². The number of amides is 1. The van der Waals surface area contributed by atoms with Crippen LogP contribution in [0.5, 0.6) is 5.75 Å². The zero-order chi connectivity index (χ0) is 18.4. The predicted molar refractivity (Wildman–Crippen MR) is 91.3 cm³/mol. The van der Waals surface area contributed by atoms with Crippen molar-refractivity contribution >= 4 is 11.9 Å². The number of carboxylic acid groups (broad SMARTS) is 1. The third-order valence-electron chi connectivity index (χ3n) is 3.96. The molecule has 2 rings (SSSR count). The molecule has 0 fully saturated rings. The van der Waals surface area contributed by atoms with Gasteiger partial charge in [0.1, 0.15) is 11.6 Å². The molecule has 132 valence electrons. The van der Waals surface area contributed by atoms with Gasteiger partial charge >= 0.3 is 5.97 Å². The maximum atomic E-state index is 13.3. The van der Waals surface area contributed by atoms with Gasteiger partial charge in [-0.1, -0.05) is 24.3 Å². The highest BCUT2D eigenvalue weighted by Crippen LogP contribution is 2.21. The van der Waals surface area contributed by atoms with Crippen molar-refractivity contribution in [1.29, 1.82) is 0 Å². The number of carbonyl (C=O) groups excluding carboxylic acids is 1. The number of methoxy groups -OCH3 is 1. The van der Waals surface area contributed by atoms with E-state index in [4.69, 9.17) is 4.74 Å². The van der Waals surface area contributed by atoms with E-state index >= 15 is 0 Å². The van der Waals surface area contributed by atoms with Crippen LogP contribution in [-0.4, -0.2) is 30.6 Å². The number of carbonyl (C=O) groups is 2. The first-order chi connectivity index (χ1) is 11.9. The largest absolute Gasteiger partial charge is 0.496 e. The van der Waals surface area contributed by atoms with E-state index in [1.54, 1.807) is 31.2 Å². The third-order valence-corrected chi connectivity index (χ3v) is 3.96. The maximum Gasteiger partial charge on any atom is 0.308 e. The van der Waals surface area contributed by atoms with Crippen molar-refractivity contribution in [2.45, 2.75) is 13.3 Å². The Kier molecular flexibility index (Phi) is 6.11. The SMILES string of the molecule is COc1ccccc1CC(CNC(=O)c1cc(F)ccc1C)C(=O)O. The van der Waals surface area contributed by atoms with Crippen LogP contribution in [-0.2, 0) is 11.2 Å². The summed E-state index contributed by atoms with van der Waals surface area (Å²) in [5.74, 6) is -2.26. The smallest absolute Gasteiger partial charge is 0.308 e. The Hall–Kier alpha value is -2.89. The molecule has 2 N–H and O–H groups in total. The highest BCUT2D eigenvalue weighted by Gasteiger charge is 2.21. The topological polar surface area (TPSA) is 75.6 Å². The van der Waals surface area contributed by atoms with Crippen molar-refractivity contribution < 1.29 is 23.8 Å². The van der Waals surface area contributed by atoms with Gasteiger partial charge in [0.2, 0.25) is 0 Å². The number of hydrogen-bond acceptors (Lipinski definition) is 3. The Labute approximate surface area is 145 Å². The number of aryl methyl sites for hydroxylation is 1. The second-order valence-electron chi connectivity index (χ2n) is 5.72. The summed E-state index contributed by atoms with van der Waals surface area (Å²) in [6.07, 6.45) is 0.210. The Balaban J connectivity index is 2.08. The molecule has 1 unspecified atom stereocenters. The first kappa shape index (κ1) is 18.4. The van der Waals surface area contributed by atoms with Gasteiger partial charge in [0.25, 0.3) is 5.91 Å². The molecule has 0 heterocycles. The van der Waals surface area contributed by atoms with E-state index in [2.05, 4.69) is 5.32 Å². The molecule has 1 atom stereocenters. The van der Waals surface area contributed by atoms with Gasteiger partial charge in [0, 0.05) is 12.1 Å². The van der Waals surface area contributed by atoms with Gasteiger partial charge in [0.05, 0.1) is 13.0 Å². The molecule has 1 amide bonds. The lowest BCUT2D eigenvalue weighted by atomic mass is 9.98. The van der Waals surface area contributed by atoms with Crippen molar-refractivity contribution in [1.82, 2.24) is 5.32 Å². The fourth-order valence-corrected chi connectivity index (χ4v) is 2.53. The number of hydrogen-bond donors (Lipinski definition) is 2. The first-order valence-electron chi connectivity index (χ1n) is 7.81. The van der Waals surface area contributed by atoms with Crippen molar-refractivity contribution in [3.63, 3.8) is 0 Å². The van der Waals surface area contributed by atoms with Crippen molar-refractivity contribution in [3.05, 3.63) is 65.0 Å². The van der Waals surface area contributed by atoms with E-state index in [0.29, 0.717) is 11.3 Å². The molecule has 0 aliphatic rings. The van der Waals surface area contributed by atoms with Crippen LogP contribution in [0.25, 0.3) is 0 Å². The van der Waals surface area contributed by atoms with Crippen LogP contribution < -0.4 is 10.1 Å². The van der Waals surface area contributed by atoms with Gasteiger partial charge in [-0.3, -0.25) is 9.59 Å². The van der Waals surface area contributed by atoms with Crippen LogP contribution in [0.4, 0.5) is 4.39 Å². The number of nitrogens with one attached hydrogen (secondary N) is 1. The summed E-state index contributed by atoms with van der Waals surface area (Å²) < 4.78 is 18.5. The molecule has 0 aliphatic heterocycles. The second-order valence-corrected chi connectivity index (χ2v) is 5.72. The third kappa shape index (κ3) is 4.79. The maximum absolute atomic E-state index is 13.3. The van der Waals surface area contributed by atoms with Crippen molar-refractivity contribution in [2.75, 3.05) is 13.7 Å². The van der Waals surface area contributed by atoms with Crippen molar-refractivity contribution in [2.24, 2.45) is 5.92 Å². The van der Waals surface area contributed by atoms with Crippen LogP contribution in [0, 0.1) is 18.7 Å². The molecule has 0 radical (unpaired) electrons. The molecule has 2 aromatic rings. The summed E-state index contributed by atoms with van der Waals surface area (Å²) in [7, 11) is 1.52. The molecule has 0 aliphatic carbocycles. The Morgan fingerprint density at radius 2 is 1.96 bits per heavy atom. The van der Waals surface area contributed by atoms with Gasteiger partial charge in [-0.15, -0.1) is 0 Å². The molecule has 2 aromatic carbocycles. The summed E-state index contributed by atoms with van der Waals surface area (Å²) in [6.45, 7) is 1.63. The van der Waals surface area contributed by atoms with E-state index in [9.17, 15) is 19.1 Å². The summed E-state index contributed by atoms with van der Waals surface area (Å²) in [5, 5.41) is 12.0. The lowest BCUT2D eigenvalue weighted by molar-refractivity contribution is -0.141. The van der Waals surface area contributed by atoms with Gasteiger partial charge in [0.15, 0.2) is 0 Å². The summed E-state index contributed by atoms with van der Waals surface area (Å²) in [5.41, 5.74) is 1.56. The summed E-state index contributed by atoms with van der Waals surface area (Å²) in [4.78, 5) is 23.7. The average Bonchev–Trinajstić information content (AvgIpc) is 2.60. The summed E-state index contributed by atoms with van der Waals surface area (Å²) in [6, 6.07) is 11.1. The fraction of sp³-hybridized carbons (Fsp3) is 0.263. The fourth-order valence-electron chi connectivity index (χ4n) is 2.53. The molecular formula is C19H20FNO4. The molecule has 0 saturated heterocycles. The Morgan fingerprint density at radius 3 is 2.64 bits per heavy atom. The van der Waals surface area contributed by atoms with E-state index in [-0.39, 0.29) is 18.5 Å². The number of rotatable bonds is 7. The number of carboxylic acids is 1. The highest BCUT2D eigenvalue weighted by atomic mass is 19.1. The van der Waals surface area contributed by atoms with Crippen LogP contribution in [0.2, 0.25) is 0 Å². The number of benzene rings is 2. The normalized spacial score (nSPS) is 11.6. The molecule has 6 heteroatoms. The Morgan fingerprint density at radius 1 is 1.24 bits per heavy atom. The number of para-hydroxylation sites is 1. The van der Waals surface area contributed by atoms with E-state index in [1.165, 1.54) is 19.2 Å². The van der Waals surface area contributed by atoms with E-state index in [0.717, 1.165) is 11.6 Å². The Bertz CT molecular complexity index is 776. The molecular weight excluding hydrogens is 325 g/mol. The van der Waals surface area contributed by atoms with E-state index < -0.39 is 23.6 Å². The standard InChI is InChI=1S/C19H20FNO4/c1-12-7-8-15(20)10-16(12)18(22)21-11-14(19(23)24)9-13-5-3-4-6-17(13)25-2/h3-8,10,14H,9,11H2,1-2H3,(H,21,22)(H,23,24). The van der Waals surface area contributed by atoms with Crippen LogP contribution >= 0.6 is 0 Å². The minimum absolute atomic E-state index is 0.0673. The lowest BCUT2D eigenvalue weighted by Gasteiger charge is -2.16. The molecule has 25 heavy (non-hydrogen) atoms. The molecule has 0 saturated carbocycles. The van der Waals surface area contributed by atoms with Gasteiger partial charge in [-0.2, -0.15) is 0 Å². The van der Waals surface area contributed by atoms with Crippen LogP contribution in [0.1, 0.15) is 21.5 Å². The van der Waals surface area contributed by atoms with Gasteiger partial charge < -0.3 is 15.2 Å². The molecule has 5 nitrogen and oxygen atoms in total. The highest BCUT2D eigenvalue weighted by molar-refractivity contribution is 5.95. The van der Waals surface area contributed by atoms with Gasteiger partial charge in [-0.05, 0) is 42.7 Å². The number of halogens is 1. The first-order valence-corrected chi connectivity index (χ1v) is 7.81.